The molecular formula is C23H16F3N3O3S. The molecule has 0 saturated heterocycles. The fraction of sp³-hybridized carbons (Fsp3) is 0.0435. The van der Waals surface area contributed by atoms with Crippen LogP contribution in [-0.4, -0.2) is 29.8 Å². The molecule has 3 aromatic carbocycles. The molecule has 6 nitrogen and oxygen atoms in total. The maximum Gasteiger partial charge on any atom is 0.501 e. The highest BCUT2D eigenvalue weighted by Gasteiger charge is 2.46. The average molecular weight is 471 g/mol. The lowest BCUT2D eigenvalue weighted by atomic mass is 9.99. The Hall–Kier alpha value is -3.92. The highest BCUT2D eigenvalue weighted by molar-refractivity contribution is 7.92. The summed E-state index contributed by atoms with van der Waals surface area (Å²) in [5.74, 6) is -0.0530. The number of aromatic amines is 1. The molecule has 0 bridgehead atoms. The minimum Gasteiger partial charge on any atom is -0.366 e. The van der Waals surface area contributed by atoms with Gasteiger partial charge in [-0.1, -0.05) is 42.5 Å². The topological polar surface area (TPSA) is 106 Å². The Morgan fingerprint density at radius 1 is 0.970 bits per heavy atom. The number of carbonyl (C=O) groups excluding carboxylic acids is 1. The zero-order valence-electron chi connectivity index (χ0n) is 16.8. The van der Waals surface area contributed by atoms with Gasteiger partial charge in [0.1, 0.15) is 5.82 Å². The highest BCUT2D eigenvalue weighted by Crippen LogP contribution is 2.30. The van der Waals surface area contributed by atoms with Crippen molar-refractivity contribution in [2.75, 3.05) is 0 Å². The van der Waals surface area contributed by atoms with Gasteiger partial charge in [0.15, 0.2) is 0 Å². The predicted octanol–water partition coefficient (Wildman–Crippen LogP) is 4.79. The lowest BCUT2D eigenvalue weighted by molar-refractivity contribution is -0.0436. The molecule has 0 aliphatic rings. The van der Waals surface area contributed by atoms with Crippen molar-refractivity contribution >= 4 is 38.9 Å². The predicted molar refractivity (Wildman–Crippen MR) is 119 cm³/mol. The van der Waals surface area contributed by atoms with Crippen molar-refractivity contribution in [1.29, 1.82) is 0 Å². The van der Waals surface area contributed by atoms with Crippen molar-refractivity contribution in [2.45, 2.75) is 10.4 Å². The lowest BCUT2D eigenvalue weighted by Gasteiger charge is -2.07. The van der Waals surface area contributed by atoms with E-state index in [4.69, 9.17) is 5.73 Å². The number of nitrogens with one attached hydrogen (secondary N) is 1. The summed E-state index contributed by atoms with van der Waals surface area (Å²) in [4.78, 5) is 18.5. The Labute approximate surface area is 186 Å². The van der Waals surface area contributed by atoms with Crippen molar-refractivity contribution in [3.63, 3.8) is 0 Å². The van der Waals surface area contributed by atoms with E-state index in [0.717, 1.165) is 23.2 Å². The first kappa shape index (κ1) is 22.3. The molecule has 0 fully saturated rings. The number of aromatic nitrogens is 2. The number of H-pyrrole nitrogens is 1. The molecular weight excluding hydrogens is 455 g/mol. The third-order valence-electron chi connectivity index (χ3n) is 4.93. The SMILES string of the molecule is NC(=O)c1ccccc1-c1ccc2[nH]c(/C=C/c3ccc(S(=O)(=O)C(F)(F)F)cc3)nc2c1. The van der Waals surface area contributed by atoms with Crippen molar-refractivity contribution < 1.29 is 26.4 Å². The van der Waals surface area contributed by atoms with Gasteiger partial charge in [-0.15, -0.1) is 0 Å². The van der Waals surface area contributed by atoms with Crippen LogP contribution in [0.3, 0.4) is 0 Å². The van der Waals surface area contributed by atoms with E-state index in [1.54, 1.807) is 36.4 Å². The summed E-state index contributed by atoms with van der Waals surface area (Å²) in [6.45, 7) is 0. The van der Waals surface area contributed by atoms with Gasteiger partial charge < -0.3 is 10.7 Å². The summed E-state index contributed by atoms with van der Waals surface area (Å²) in [5, 5.41) is 0. The van der Waals surface area contributed by atoms with Crippen LogP contribution < -0.4 is 5.73 Å². The minimum atomic E-state index is -5.38. The van der Waals surface area contributed by atoms with Crippen LogP contribution in [0.1, 0.15) is 21.7 Å². The minimum absolute atomic E-state index is 0.392. The number of benzene rings is 3. The normalized spacial score (nSPS) is 12.5. The molecule has 3 N–H and O–H groups in total. The van der Waals surface area contributed by atoms with Crippen molar-refractivity contribution in [2.24, 2.45) is 5.73 Å². The smallest absolute Gasteiger partial charge is 0.366 e. The van der Waals surface area contributed by atoms with Gasteiger partial charge in [-0.25, -0.2) is 13.4 Å². The maximum absolute atomic E-state index is 12.7. The van der Waals surface area contributed by atoms with Crippen LogP contribution in [-0.2, 0) is 9.84 Å². The van der Waals surface area contributed by atoms with Crippen molar-refractivity contribution in [3.05, 3.63) is 83.7 Å². The van der Waals surface area contributed by atoms with Crippen molar-refractivity contribution in [1.82, 2.24) is 9.97 Å². The first-order chi connectivity index (χ1) is 15.6. The fourth-order valence-corrected chi connectivity index (χ4v) is 4.05. The summed E-state index contributed by atoms with van der Waals surface area (Å²) in [6, 6.07) is 16.8. The van der Waals surface area contributed by atoms with E-state index in [9.17, 15) is 26.4 Å². The van der Waals surface area contributed by atoms with Gasteiger partial charge in [0.2, 0.25) is 5.91 Å². The molecule has 168 valence electrons. The second-order valence-electron chi connectivity index (χ2n) is 7.12. The van der Waals surface area contributed by atoms with Crippen LogP contribution in [0.4, 0.5) is 13.2 Å². The Bertz CT molecular complexity index is 1490. The maximum atomic E-state index is 12.7. The molecule has 1 amide bonds. The van der Waals surface area contributed by atoms with E-state index < -0.39 is 26.1 Å². The van der Waals surface area contributed by atoms with Crippen LogP contribution in [0, 0.1) is 0 Å². The van der Waals surface area contributed by atoms with Gasteiger partial charge in [0.05, 0.1) is 15.9 Å². The van der Waals surface area contributed by atoms with E-state index in [1.807, 2.05) is 18.2 Å². The first-order valence-corrected chi connectivity index (χ1v) is 11.0. The van der Waals surface area contributed by atoms with Gasteiger partial charge in [-0.05, 0) is 53.1 Å². The quantitative estimate of drug-likeness (QED) is 0.436. The number of imidazole rings is 1. The number of fused-ring (bicyclic) bond motifs is 1. The highest BCUT2D eigenvalue weighted by atomic mass is 32.2. The second-order valence-corrected chi connectivity index (χ2v) is 9.06. The number of hydrogen-bond donors (Lipinski definition) is 2. The van der Waals surface area contributed by atoms with Gasteiger partial charge in [-0.3, -0.25) is 4.79 Å². The number of sulfone groups is 1. The van der Waals surface area contributed by atoms with E-state index in [1.165, 1.54) is 12.1 Å². The summed E-state index contributed by atoms with van der Waals surface area (Å²) >= 11 is 0. The average Bonchev–Trinajstić information content (AvgIpc) is 3.19. The van der Waals surface area contributed by atoms with Crippen LogP contribution in [0.5, 0.6) is 0 Å². The molecule has 0 aliphatic carbocycles. The standard InChI is InChI=1S/C23H16F3N3O3S/c24-23(25,26)33(31,32)16-9-5-14(6-10-16)7-12-21-28-19-11-8-15(13-20(19)29-21)17-3-1-2-4-18(17)22(27)30/h1-13H,(H2,27,30)(H,28,29)/b12-7+. The molecule has 0 radical (unpaired) electrons. The molecule has 1 aromatic heterocycles. The number of carbonyl (C=O) groups is 1. The zero-order valence-corrected chi connectivity index (χ0v) is 17.6. The van der Waals surface area contributed by atoms with Crippen LogP contribution in [0.25, 0.3) is 34.3 Å². The number of primary amides is 1. The molecule has 33 heavy (non-hydrogen) atoms. The molecule has 0 atom stereocenters. The van der Waals surface area contributed by atoms with E-state index >= 15 is 0 Å². The van der Waals surface area contributed by atoms with Crippen LogP contribution in [0.2, 0.25) is 0 Å². The zero-order chi connectivity index (χ0) is 23.8. The largest absolute Gasteiger partial charge is 0.501 e. The number of hydrogen-bond acceptors (Lipinski definition) is 4. The number of halogens is 3. The molecule has 0 aliphatic heterocycles. The van der Waals surface area contributed by atoms with Crippen molar-refractivity contribution in [3.8, 4) is 11.1 Å². The Morgan fingerprint density at radius 2 is 1.67 bits per heavy atom. The molecule has 10 heteroatoms. The molecule has 0 unspecified atom stereocenters. The molecule has 4 rings (SSSR count). The van der Waals surface area contributed by atoms with Gasteiger partial charge in [0, 0.05) is 5.56 Å². The molecule has 4 aromatic rings. The molecule has 1 heterocycles. The summed E-state index contributed by atoms with van der Waals surface area (Å²) in [5.41, 5.74) is 3.81. The summed E-state index contributed by atoms with van der Waals surface area (Å²) < 4.78 is 60.9. The van der Waals surface area contributed by atoms with Crippen LogP contribution in [0.15, 0.2) is 71.6 Å². The van der Waals surface area contributed by atoms with E-state index in [0.29, 0.717) is 28.0 Å². The van der Waals surface area contributed by atoms with Gasteiger partial charge >= 0.3 is 5.51 Å². The number of amides is 1. The number of nitrogens with two attached hydrogens (primary N) is 1. The Kier molecular flexibility index (Phi) is 5.54. The second kappa shape index (κ2) is 8.21. The molecule has 0 saturated carbocycles. The van der Waals surface area contributed by atoms with Gasteiger partial charge in [0.25, 0.3) is 9.84 Å². The lowest BCUT2D eigenvalue weighted by Crippen LogP contribution is -2.23. The van der Waals surface area contributed by atoms with E-state index in [-0.39, 0.29) is 0 Å². The summed E-state index contributed by atoms with van der Waals surface area (Å²) in [7, 11) is -5.38. The Morgan fingerprint density at radius 3 is 2.33 bits per heavy atom. The number of nitrogens with zero attached hydrogens (tertiary/aromatic N) is 1. The van der Waals surface area contributed by atoms with Gasteiger partial charge in [-0.2, -0.15) is 13.2 Å². The third-order valence-corrected chi connectivity index (χ3v) is 6.44. The number of rotatable bonds is 5. The monoisotopic (exact) mass is 471 g/mol. The van der Waals surface area contributed by atoms with Crippen LogP contribution >= 0.6 is 0 Å². The fourth-order valence-electron chi connectivity index (χ4n) is 3.29. The van der Waals surface area contributed by atoms with E-state index in [2.05, 4.69) is 9.97 Å². The third kappa shape index (κ3) is 4.37. The first-order valence-electron chi connectivity index (χ1n) is 9.55. The molecule has 0 spiro atoms. The Balaban J connectivity index is 1.60. The number of alkyl halides is 3. The summed E-state index contributed by atoms with van der Waals surface area (Å²) in [6.07, 6.45) is 3.20.